The van der Waals surface area contributed by atoms with Crippen LogP contribution in [-0.4, -0.2) is 36.6 Å². The summed E-state index contributed by atoms with van der Waals surface area (Å²) in [4.78, 5) is 2.36. The summed E-state index contributed by atoms with van der Waals surface area (Å²) in [5, 5.41) is 12.5. The smallest absolute Gasteiger partial charge is 0.106 e. The number of hydrogen-bond acceptors (Lipinski definition) is 3. The first kappa shape index (κ1) is 14.4. The first-order chi connectivity index (χ1) is 7.17. The van der Waals surface area contributed by atoms with E-state index < -0.39 is 0 Å². The molecule has 15 heavy (non-hydrogen) atoms. The van der Waals surface area contributed by atoms with Gasteiger partial charge in [0.25, 0.3) is 0 Å². The van der Waals surface area contributed by atoms with Crippen molar-refractivity contribution in [3.05, 3.63) is 0 Å². The van der Waals surface area contributed by atoms with Gasteiger partial charge in [0.05, 0.1) is 6.07 Å². The van der Waals surface area contributed by atoms with E-state index in [-0.39, 0.29) is 5.54 Å². The molecule has 0 aliphatic rings. The van der Waals surface area contributed by atoms with Crippen molar-refractivity contribution >= 4 is 0 Å². The number of hydrogen-bond donors (Lipinski definition) is 1. The van der Waals surface area contributed by atoms with Crippen LogP contribution in [0, 0.1) is 11.3 Å². The van der Waals surface area contributed by atoms with Crippen molar-refractivity contribution in [2.75, 3.05) is 26.2 Å². The van der Waals surface area contributed by atoms with E-state index in [1.54, 1.807) is 0 Å². The normalized spacial score (nSPS) is 11.7. The molecule has 0 fully saturated rings. The molecular weight excluding hydrogens is 186 g/mol. The Labute approximate surface area is 94.5 Å². The minimum Gasteiger partial charge on any atom is -0.303 e. The van der Waals surface area contributed by atoms with E-state index in [9.17, 15) is 0 Å². The summed E-state index contributed by atoms with van der Waals surface area (Å²) in [6.45, 7) is 12.6. The molecular formula is C12H25N3. The molecule has 0 bridgehead atoms. The summed E-state index contributed by atoms with van der Waals surface area (Å²) in [6, 6.07) is 2.40. The molecule has 0 aromatic heterocycles. The third-order valence-electron chi connectivity index (χ3n) is 3.21. The Morgan fingerprint density at radius 3 is 2.00 bits per heavy atom. The number of rotatable bonds is 8. The monoisotopic (exact) mass is 211 g/mol. The van der Waals surface area contributed by atoms with Gasteiger partial charge in [0.1, 0.15) is 5.54 Å². The summed E-state index contributed by atoms with van der Waals surface area (Å²) >= 11 is 0. The fourth-order valence-corrected chi connectivity index (χ4v) is 1.69. The lowest BCUT2D eigenvalue weighted by Crippen LogP contribution is -2.46. The minimum atomic E-state index is -0.312. The quantitative estimate of drug-likeness (QED) is 0.667. The summed E-state index contributed by atoms with van der Waals surface area (Å²) < 4.78 is 0. The van der Waals surface area contributed by atoms with Crippen LogP contribution in [0.15, 0.2) is 0 Å². The zero-order chi connectivity index (χ0) is 11.7. The van der Waals surface area contributed by atoms with Gasteiger partial charge in [-0.25, -0.2) is 0 Å². The average Bonchev–Trinajstić information content (AvgIpc) is 2.31. The molecule has 0 radical (unpaired) electrons. The first-order valence-electron chi connectivity index (χ1n) is 6.06. The topological polar surface area (TPSA) is 39.1 Å². The Morgan fingerprint density at radius 2 is 1.67 bits per heavy atom. The molecule has 0 saturated carbocycles. The minimum absolute atomic E-state index is 0.312. The molecule has 0 aromatic carbocycles. The second-order valence-corrected chi connectivity index (χ2v) is 3.85. The van der Waals surface area contributed by atoms with Crippen molar-refractivity contribution in [3.63, 3.8) is 0 Å². The third-order valence-corrected chi connectivity index (χ3v) is 3.21. The molecule has 88 valence electrons. The maximum atomic E-state index is 9.13. The average molecular weight is 211 g/mol. The summed E-state index contributed by atoms with van der Waals surface area (Å²) in [6.07, 6.45) is 1.75. The van der Waals surface area contributed by atoms with Gasteiger partial charge in [-0.15, -0.1) is 0 Å². The maximum absolute atomic E-state index is 9.13. The highest BCUT2D eigenvalue weighted by Gasteiger charge is 2.24. The van der Waals surface area contributed by atoms with E-state index in [4.69, 9.17) is 5.26 Å². The Hall–Kier alpha value is -0.590. The Balaban J connectivity index is 3.97. The van der Waals surface area contributed by atoms with E-state index in [0.29, 0.717) is 0 Å². The molecule has 1 N–H and O–H groups in total. The van der Waals surface area contributed by atoms with Crippen LogP contribution in [0.5, 0.6) is 0 Å². The Morgan fingerprint density at radius 1 is 1.13 bits per heavy atom. The van der Waals surface area contributed by atoms with E-state index in [1.807, 2.05) is 0 Å². The van der Waals surface area contributed by atoms with Crippen molar-refractivity contribution in [3.8, 4) is 6.07 Å². The van der Waals surface area contributed by atoms with Gasteiger partial charge in [-0.3, -0.25) is 5.32 Å². The second kappa shape index (κ2) is 7.67. The van der Waals surface area contributed by atoms with Crippen LogP contribution in [0.4, 0.5) is 0 Å². The van der Waals surface area contributed by atoms with Crippen LogP contribution in [-0.2, 0) is 0 Å². The van der Waals surface area contributed by atoms with Crippen LogP contribution in [0.1, 0.15) is 40.5 Å². The summed E-state index contributed by atoms with van der Waals surface area (Å²) in [5.41, 5.74) is -0.312. The van der Waals surface area contributed by atoms with Gasteiger partial charge >= 0.3 is 0 Å². The van der Waals surface area contributed by atoms with Gasteiger partial charge in [-0.2, -0.15) is 5.26 Å². The molecule has 0 rings (SSSR count). The Bertz CT molecular complexity index is 188. The molecule has 0 aliphatic heterocycles. The van der Waals surface area contributed by atoms with Crippen molar-refractivity contribution in [1.82, 2.24) is 10.2 Å². The SMILES string of the molecule is CCN(CC)CCNC(C#N)(CC)CC. The summed E-state index contributed by atoms with van der Waals surface area (Å²) in [7, 11) is 0. The lowest BCUT2D eigenvalue weighted by molar-refractivity contribution is 0.281. The van der Waals surface area contributed by atoms with Crippen molar-refractivity contribution in [2.24, 2.45) is 0 Å². The van der Waals surface area contributed by atoms with Crippen molar-refractivity contribution in [2.45, 2.75) is 46.1 Å². The van der Waals surface area contributed by atoms with Crippen LogP contribution < -0.4 is 5.32 Å². The fourth-order valence-electron chi connectivity index (χ4n) is 1.69. The highest BCUT2D eigenvalue weighted by Crippen LogP contribution is 2.12. The van der Waals surface area contributed by atoms with E-state index >= 15 is 0 Å². The van der Waals surface area contributed by atoms with Gasteiger partial charge in [0.2, 0.25) is 0 Å². The molecule has 0 aliphatic carbocycles. The zero-order valence-electron chi connectivity index (χ0n) is 10.6. The molecule has 3 heteroatoms. The molecule has 0 aromatic rings. The van der Waals surface area contributed by atoms with Crippen LogP contribution in [0.3, 0.4) is 0 Å². The number of nitrogens with one attached hydrogen (secondary N) is 1. The highest BCUT2D eigenvalue weighted by atomic mass is 15.1. The maximum Gasteiger partial charge on any atom is 0.106 e. The van der Waals surface area contributed by atoms with E-state index in [2.05, 4.69) is 44.0 Å². The van der Waals surface area contributed by atoms with Crippen molar-refractivity contribution < 1.29 is 0 Å². The lowest BCUT2D eigenvalue weighted by Gasteiger charge is -2.27. The largest absolute Gasteiger partial charge is 0.303 e. The standard InChI is InChI=1S/C12H25N3/c1-5-12(6-2,11-13)14-9-10-15(7-3)8-4/h14H,5-10H2,1-4H3. The van der Waals surface area contributed by atoms with Gasteiger partial charge < -0.3 is 4.90 Å². The predicted octanol–water partition coefficient (Wildman–Crippen LogP) is 2.00. The molecule has 0 saturated heterocycles. The number of nitriles is 1. The molecule has 0 spiro atoms. The zero-order valence-corrected chi connectivity index (χ0v) is 10.6. The molecule has 3 nitrogen and oxygen atoms in total. The highest BCUT2D eigenvalue weighted by molar-refractivity contribution is 5.05. The van der Waals surface area contributed by atoms with Crippen molar-refractivity contribution in [1.29, 1.82) is 5.26 Å². The van der Waals surface area contributed by atoms with Gasteiger partial charge in [0.15, 0.2) is 0 Å². The van der Waals surface area contributed by atoms with Gasteiger partial charge in [0, 0.05) is 13.1 Å². The Kier molecular flexibility index (Phi) is 7.37. The first-order valence-corrected chi connectivity index (χ1v) is 6.06. The van der Waals surface area contributed by atoms with Crippen LogP contribution in [0.25, 0.3) is 0 Å². The van der Waals surface area contributed by atoms with Crippen LogP contribution in [0.2, 0.25) is 0 Å². The van der Waals surface area contributed by atoms with Crippen LogP contribution >= 0.6 is 0 Å². The lowest BCUT2D eigenvalue weighted by atomic mass is 9.95. The predicted molar refractivity (Wildman–Crippen MR) is 64.7 cm³/mol. The molecule has 0 unspecified atom stereocenters. The molecule has 0 heterocycles. The third kappa shape index (κ3) is 4.63. The fraction of sp³-hybridized carbons (Fsp3) is 0.917. The number of nitrogens with zero attached hydrogens (tertiary/aromatic N) is 2. The van der Waals surface area contributed by atoms with Gasteiger partial charge in [-0.05, 0) is 25.9 Å². The summed E-state index contributed by atoms with van der Waals surface area (Å²) in [5.74, 6) is 0. The molecule has 0 amide bonds. The van der Waals surface area contributed by atoms with Gasteiger partial charge in [-0.1, -0.05) is 27.7 Å². The second-order valence-electron chi connectivity index (χ2n) is 3.85. The van der Waals surface area contributed by atoms with E-state index in [1.165, 1.54) is 0 Å². The van der Waals surface area contributed by atoms with E-state index in [0.717, 1.165) is 39.0 Å². The number of likely N-dealkylation sites (N-methyl/N-ethyl adjacent to an activating group) is 1. The molecule has 0 atom stereocenters.